The molecule has 1 saturated carbocycles. The Morgan fingerprint density at radius 2 is 1.60 bits per heavy atom. The monoisotopic (exact) mass is 596 g/mol. The lowest BCUT2D eigenvalue weighted by Gasteiger charge is -2.60. The molecule has 1 heterocycles. The summed E-state index contributed by atoms with van der Waals surface area (Å²) < 4.78 is 29.6. The van der Waals surface area contributed by atoms with Crippen molar-refractivity contribution in [3.63, 3.8) is 0 Å². The number of benzene rings is 1. The predicted molar refractivity (Wildman–Crippen MR) is 154 cm³/mol. The molecule has 1 N–H and O–H groups in total. The molecule has 10 heteroatoms. The van der Waals surface area contributed by atoms with Crippen LogP contribution in [0.15, 0.2) is 60.2 Å². The maximum absolute atomic E-state index is 13.6. The number of esters is 4. The molecule has 10 nitrogen and oxygen atoms in total. The Kier molecular flexibility index (Phi) is 9.20. The number of phenols is 1. The van der Waals surface area contributed by atoms with Crippen molar-refractivity contribution in [2.75, 3.05) is 0 Å². The third kappa shape index (κ3) is 6.11. The third-order valence-electron chi connectivity index (χ3n) is 9.22. The van der Waals surface area contributed by atoms with Crippen LogP contribution in [0.4, 0.5) is 0 Å². The summed E-state index contributed by atoms with van der Waals surface area (Å²) in [5, 5.41) is 9.73. The van der Waals surface area contributed by atoms with Crippen molar-refractivity contribution in [1.82, 2.24) is 0 Å². The number of carbonyl (C=O) groups excluding carboxylic acids is 4. The zero-order chi connectivity index (χ0) is 31.7. The average Bonchev–Trinajstić information content (AvgIpc) is 3.21. The number of phenolic OH excluding ortho intramolecular Hbond substituents is 1. The molecule has 0 radical (unpaired) electrons. The molecular weight excluding hydrogens is 556 g/mol. The fraction of sp³-hybridized carbons (Fsp3) is 0.515. The van der Waals surface area contributed by atoms with E-state index in [9.17, 15) is 24.3 Å². The van der Waals surface area contributed by atoms with Crippen molar-refractivity contribution in [2.24, 2.45) is 22.7 Å². The Hall–Kier alpha value is -3.92. The van der Waals surface area contributed by atoms with Gasteiger partial charge in [0.2, 0.25) is 12.6 Å². The molecule has 1 saturated heterocycles. The van der Waals surface area contributed by atoms with E-state index in [1.807, 2.05) is 6.92 Å². The molecule has 3 aliphatic rings. The minimum atomic E-state index is -1.29. The predicted octanol–water partition coefficient (Wildman–Crippen LogP) is 5.16. The average molecular weight is 597 g/mol. The zero-order valence-corrected chi connectivity index (χ0v) is 25.5. The zero-order valence-electron chi connectivity index (χ0n) is 25.5. The molecule has 43 heavy (non-hydrogen) atoms. The first-order chi connectivity index (χ1) is 20.2. The van der Waals surface area contributed by atoms with Gasteiger partial charge in [0.1, 0.15) is 23.4 Å². The Balaban J connectivity index is 1.95. The topological polar surface area (TPSA) is 135 Å². The third-order valence-corrected chi connectivity index (χ3v) is 9.22. The summed E-state index contributed by atoms with van der Waals surface area (Å²) in [4.78, 5) is 50.4. The molecule has 1 aliphatic heterocycles. The lowest BCUT2D eigenvalue weighted by atomic mass is 9.45. The van der Waals surface area contributed by atoms with Crippen LogP contribution in [0.2, 0.25) is 0 Å². The summed E-state index contributed by atoms with van der Waals surface area (Å²) in [6.07, 6.45) is 2.64. The van der Waals surface area contributed by atoms with E-state index in [2.05, 4.69) is 26.5 Å². The second-order valence-electron chi connectivity index (χ2n) is 11.9. The highest BCUT2D eigenvalue weighted by Crippen LogP contribution is 2.68. The van der Waals surface area contributed by atoms with Crippen molar-refractivity contribution in [2.45, 2.75) is 85.6 Å². The summed E-state index contributed by atoms with van der Waals surface area (Å²) in [6.45, 7) is 13.8. The number of carbonyl (C=O) groups is 4. The van der Waals surface area contributed by atoms with Crippen molar-refractivity contribution >= 4 is 23.9 Å². The number of ether oxygens (including phenoxy) is 5. The summed E-state index contributed by atoms with van der Waals surface area (Å²) in [6, 6.07) is 5.69. The minimum Gasteiger partial charge on any atom is -0.508 e. The maximum Gasteiger partial charge on any atom is 0.338 e. The van der Waals surface area contributed by atoms with Crippen LogP contribution in [0, 0.1) is 22.7 Å². The Morgan fingerprint density at radius 3 is 2.19 bits per heavy atom. The van der Waals surface area contributed by atoms with Gasteiger partial charge < -0.3 is 24.1 Å². The van der Waals surface area contributed by atoms with Gasteiger partial charge in [-0.15, -0.1) is 0 Å². The molecule has 4 unspecified atom stereocenters. The van der Waals surface area contributed by atoms with E-state index in [4.69, 9.17) is 23.7 Å². The van der Waals surface area contributed by atoms with Gasteiger partial charge in [0.15, 0.2) is 0 Å². The molecule has 8 atom stereocenters. The van der Waals surface area contributed by atoms with Gasteiger partial charge in [0.25, 0.3) is 0 Å². The molecule has 4 rings (SSSR count). The van der Waals surface area contributed by atoms with Gasteiger partial charge >= 0.3 is 23.9 Å². The van der Waals surface area contributed by atoms with E-state index in [0.29, 0.717) is 24.8 Å². The molecular formula is C33H40O10. The smallest absolute Gasteiger partial charge is 0.338 e. The van der Waals surface area contributed by atoms with Crippen LogP contribution < -0.4 is 0 Å². The second kappa shape index (κ2) is 12.4. The van der Waals surface area contributed by atoms with Crippen LogP contribution in [-0.2, 0) is 38.1 Å². The van der Waals surface area contributed by atoms with E-state index < -0.39 is 65.4 Å². The molecule has 0 aromatic heterocycles. The molecule has 1 aromatic rings. The lowest BCUT2D eigenvalue weighted by Crippen LogP contribution is -2.64. The van der Waals surface area contributed by atoms with Gasteiger partial charge in [0, 0.05) is 26.3 Å². The minimum absolute atomic E-state index is 0.00233. The molecule has 0 amide bonds. The molecule has 1 aromatic carbocycles. The highest BCUT2D eigenvalue weighted by molar-refractivity contribution is 5.89. The molecule has 1 spiro atoms. The molecule has 232 valence electrons. The number of aromatic hydroxyl groups is 1. The number of hydrogen-bond acceptors (Lipinski definition) is 10. The standard InChI is InChI=1S/C33H40O10/c1-8-18(2)13-14-32(7)19(3)15-28(42-29(38)23-9-11-24(37)12-10-23)33-26(16-25(17-27(32)33)39-20(4)34)30(40-21(5)35)43-31(33)41-22(6)36/h8-13,16,19,25,27-28,30-31,37H,1,14-15,17H2,2-7H3/b18-13+/t19-,25?,27-,28?,30?,31?,32+,33-/m0/s1. The van der Waals surface area contributed by atoms with Gasteiger partial charge in [-0.25, -0.2) is 4.79 Å². The lowest BCUT2D eigenvalue weighted by molar-refractivity contribution is -0.253. The summed E-state index contributed by atoms with van der Waals surface area (Å²) >= 11 is 0. The first-order valence-electron chi connectivity index (χ1n) is 14.4. The van der Waals surface area contributed by atoms with Crippen LogP contribution in [-0.4, -0.2) is 53.8 Å². The highest BCUT2D eigenvalue weighted by atomic mass is 16.8. The first kappa shape index (κ1) is 32.0. The largest absolute Gasteiger partial charge is 0.508 e. The summed E-state index contributed by atoms with van der Waals surface area (Å²) in [5.41, 5.74) is -0.191. The van der Waals surface area contributed by atoms with E-state index >= 15 is 0 Å². The van der Waals surface area contributed by atoms with Crippen LogP contribution in [0.5, 0.6) is 5.75 Å². The van der Waals surface area contributed by atoms with Crippen molar-refractivity contribution in [3.05, 3.63) is 65.8 Å². The first-order valence-corrected chi connectivity index (χ1v) is 14.4. The van der Waals surface area contributed by atoms with E-state index in [0.717, 1.165) is 5.57 Å². The van der Waals surface area contributed by atoms with Gasteiger partial charge in [-0.1, -0.05) is 38.2 Å². The SMILES string of the molecule is C=C/C(C)=C/C[C@@]1(C)[C@@H]2CC(OC(C)=O)C=C3C(OC(C)=O)OC(OC(C)=O)[C@@]32C(OC(=O)c2ccc(O)cc2)C[C@@H]1C. The normalized spacial score (nSPS) is 33.3. The quantitative estimate of drug-likeness (QED) is 0.186. The Morgan fingerprint density at radius 1 is 0.977 bits per heavy atom. The Labute approximate surface area is 251 Å². The van der Waals surface area contributed by atoms with E-state index in [1.165, 1.54) is 45.0 Å². The second-order valence-corrected chi connectivity index (χ2v) is 11.9. The van der Waals surface area contributed by atoms with E-state index in [1.54, 1.807) is 12.2 Å². The van der Waals surface area contributed by atoms with Crippen molar-refractivity contribution < 1.29 is 48.0 Å². The van der Waals surface area contributed by atoms with Crippen molar-refractivity contribution in [3.8, 4) is 5.75 Å². The number of rotatable bonds is 8. The number of hydrogen-bond donors (Lipinski definition) is 1. The van der Waals surface area contributed by atoms with Crippen LogP contribution in [0.1, 0.15) is 71.2 Å². The fourth-order valence-corrected chi connectivity index (χ4v) is 6.99. The maximum atomic E-state index is 13.6. The number of allylic oxidation sites excluding steroid dienone is 3. The molecule has 0 bridgehead atoms. The van der Waals surface area contributed by atoms with Crippen LogP contribution in [0.25, 0.3) is 0 Å². The fourth-order valence-electron chi connectivity index (χ4n) is 6.99. The van der Waals surface area contributed by atoms with Gasteiger partial charge in [-0.2, -0.15) is 0 Å². The Bertz CT molecular complexity index is 1340. The summed E-state index contributed by atoms with van der Waals surface area (Å²) in [5.74, 6) is -2.88. The highest BCUT2D eigenvalue weighted by Gasteiger charge is 2.72. The van der Waals surface area contributed by atoms with Crippen LogP contribution >= 0.6 is 0 Å². The van der Waals surface area contributed by atoms with Gasteiger partial charge in [0.05, 0.1) is 5.56 Å². The van der Waals surface area contributed by atoms with E-state index in [-0.39, 0.29) is 17.2 Å². The summed E-state index contributed by atoms with van der Waals surface area (Å²) in [7, 11) is 0. The van der Waals surface area contributed by atoms with Crippen molar-refractivity contribution in [1.29, 1.82) is 0 Å². The molecule has 2 fully saturated rings. The molecule has 2 aliphatic carbocycles. The van der Waals surface area contributed by atoms with Gasteiger partial charge in [-0.05, 0) is 73.8 Å². The van der Waals surface area contributed by atoms with Gasteiger partial charge in [-0.3, -0.25) is 19.1 Å². The van der Waals surface area contributed by atoms with Crippen LogP contribution in [0.3, 0.4) is 0 Å².